The molecule has 0 saturated carbocycles. The van der Waals surface area contributed by atoms with Crippen LogP contribution in [-0.4, -0.2) is 180 Å². The zero-order chi connectivity index (χ0) is 71.2. The second kappa shape index (κ2) is 54.0. The van der Waals surface area contributed by atoms with Gasteiger partial charge in [-0.2, -0.15) is 0 Å². The third kappa shape index (κ3) is 48.0. The van der Waals surface area contributed by atoms with Crippen LogP contribution in [0.5, 0.6) is 0 Å². The van der Waals surface area contributed by atoms with Gasteiger partial charge in [-0.05, 0) is 90.8 Å². The number of carbonyl (C=O) groups is 8. The van der Waals surface area contributed by atoms with E-state index in [-0.39, 0.29) is 101 Å². The third-order valence-corrected chi connectivity index (χ3v) is 15.1. The summed E-state index contributed by atoms with van der Waals surface area (Å²) in [6.07, 6.45) is 2.28. The number of thioether (sulfide) groups is 1. The van der Waals surface area contributed by atoms with Crippen LogP contribution in [0.15, 0.2) is 91.0 Å². The van der Waals surface area contributed by atoms with Gasteiger partial charge in [0.1, 0.15) is 23.0 Å². The van der Waals surface area contributed by atoms with Crippen molar-refractivity contribution in [2.45, 2.75) is 156 Å². The normalized spacial score (nSPS) is 12.2. The Hall–Kier alpha value is -4.86. The third-order valence-electron chi connectivity index (χ3n) is 12.7. The van der Waals surface area contributed by atoms with Crippen LogP contribution in [0.4, 0.5) is 9.59 Å². The van der Waals surface area contributed by atoms with Crippen molar-refractivity contribution in [2.75, 3.05) is 84.0 Å². The van der Waals surface area contributed by atoms with Gasteiger partial charge in [0.2, 0.25) is 17.7 Å². The first-order chi connectivity index (χ1) is 44.2. The Bertz CT molecular complexity index is 2830. The maximum Gasteiger partial charge on any atom is 1.00 e. The summed E-state index contributed by atoms with van der Waals surface area (Å²) >= 11 is 1.53. The number of amides is 5. The molecule has 0 fully saturated rings. The van der Waals surface area contributed by atoms with Crippen molar-refractivity contribution in [3.63, 3.8) is 0 Å². The Morgan fingerprint density at radius 2 is 0.938 bits per heavy atom. The van der Waals surface area contributed by atoms with Crippen LogP contribution < -0.4 is 90.8 Å². The molecule has 0 aromatic heterocycles. The number of ketones is 2. The van der Waals surface area contributed by atoms with E-state index in [4.69, 9.17) is 41.0 Å². The minimum Gasteiger partial charge on any atom is -0.748 e. The molecule has 26 nitrogen and oxygen atoms in total. The number of carboxylic acids is 1. The molecule has 3 aromatic rings. The molecule has 0 heterocycles. The number of alkyl carbamates (subject to hydrolysis) is 2. The van der Waals surface area contributed by atoms with E-state index in [0.29, 0.717) is 98.2 Å². The predicted octanol–water partition coefficient (Wildman–Crippen LogP) is -0.224. The van der Waals surface area contributed by atoms with Gasteiger partial charge in [-0.3, -0.25) is 24.0 Å². The van der Waals surface area contributed by atoms with E-state index in [1.165, 1.54) is 11.8 Å². The summed E-state index contributed by atoms with van der Waals surface area (Å²) in [5.41, 5.74) is 1.78. The van der Waals surface area contributed by atoms with Gasteiger partial charge in [0.25, 0.3) is 0 Å². The van der Waals surface area contributed by atoms with Gasteiger partial charge in [-0.15, -0.1) is 24.4 Å². The molecule has 3 rings (SSSR count). The summed E-state index contributed by atoms with van der Waals surface area (Å²) in [5, 5.41) is 24.3. The minimum atomic E-state index is -4.67. The number of aliphatic carboxylic acids is 1. The zero-order valence-corrected chi connectivity index (χ0v) is 64.6. The van der Waals surface area contributed by atoms with Crippen LogP contribution in [0.25, 0.3) is 0 Å². The van der Waals surface area contributed by atoms with Crippen molar-refractivity contribution >= 4 is 79.9 Å². The molecule has 31 heteroatoms. The van der Waals surface area contributed by atoms with Gasteiger partial charge in [0.05, 0.1) is 67.2 Å². The summed E-state index contributed by atoms with van der Waals surface area (Å²) in [5.74, 6) is -5.45. The summed E-state index contributed by atoms with van der Waals surface area (Å²) in [6.45, 7) is 24.3. The first kappa shape index (κ1) is 95.3. The maximum atomic E-state index is 13.9. The van der Waals surface area contributed by atoms with Gasteiger partial charge < -0.3 is 69.5 Å². The van der Waals surface area contributed by atoms with Crippen LogP contribution in [0, 0.1) is 11.8 Å². The molecule has 3 aromatic carbocycles. The summed E-state index contributed by atoms with van der Waals surface area (Å²) < 4.78 is 88.1. The van der Waals surface area contributed by atoms with E-state index in [0.717, 1.165) is 29.5 Å². The first-order valence-electron chi connectivity index (χ1n) is 31.1. The molecule has 0 saturated heterocycles. The number of carbonyl (C=O) groups excluding carboxylic acids is 8. The molecule has 0 unspecified atom stereocenters. The molecule has 0 radical (unpaired) electrons. The number of benzene rings is 3. The number of rotatable bonds is 40. The second-order valence-corrected chi connectivity index (χ2v) is 26.2. The Labute approximate surface area is 617 Å². The molecule has 530 valence electrons. The fourth-order valence-corrected chi connectivity index (χ4v) is 10.3. The average Bonchev–Trinajstić information content (AvgIpc) is 0.759. The Morgan fingerprint density at radius 1 is 0.552 bits per heavy atom. The van der Waals surface area contributed by atoms with E-state index in [1.807, 2.05) is 89.2 Å². The zero-order valence-electron chi connectivity index (χ0n) is 58.1. The van der Waals surface area contributed by atoms with E-state index in [2.05, 4.69) is 63.0 Å². The smallest absolute Gasteiger partial charge is 0.748 e. The fourth-order valence-electron chi connectivity index (χ4n) is 8.04. The molecule has 4 atom stereocenters. The van der Waals surface area contributed by atoms with Gasteiger partial charge in [0, 0.05) is 81.2 Å². The van der Waals surface area contributed by atoms with E-state index in [9.17, 15) is 56.4 Å². The Balaban J connectivity index is -0.00000161. The van der Waals surface area contributed by atoms with Crippen LogP contribution in [0.3, 0.4) is 0 Å². The van der Waals surface area contributed by atoms with Crippen molar-refractivity contribution in [1.82, 2.24) is 26.6 Å². The largest absolute Gasteiger partial charge is 1.00 e. The quantitative estimate of drug-likeness (QED) is 0.0213. The number of Topliss-reactive ketones (excluding diaryl/α,β-unsaturated/α-hetero) is 2. The summed E-state index contributed by atoms with van der Waals surface area (Å²) in [6, 6.07) is 28.4. The SMILES string of the molecule is CCCC(=O)NCCOCCOCCCC(=O)[C@H](C)NC(=O)[C@H](CSC(c1ccccc1)(c1ccccc1)c1ccccc1)NC(=O)OC(C)(C)C.CCCC(=O)NCCOCCOCCNC(=O)OC(C)(C)C.CC[C@@H](C)C(=O)C[C@H](CS(=O)(=O)[O-])C(=O)[O-].O=S(=O)=O.[Na+].[Na+]. The number of hydrogen-bond acceptors (Lipinski definition) is 22. The molecule has 0 bridgehead atoms. The van der Waals surface area contributed by atoms with Crippen molar-refractivity contribution in [1.29, 1.82) is 0 Å². The molecule has 0 spiro atoms. The Kier molecular flexibility index (Phi) is 53.6. The molecular formula is C65H99N5Na2O21S3. The van der Waals surface area contributed by atoms with Crippen LogP contribution >= 0.6 is 11.8 Å². The van der Waals surface area contributed by atoms with Crippen molar-refractivity contribution in [3.05, 3.63) is 108 Å². The van der Waals surface area contributed by atoms with Gasteiger partial charge in [-0.25, -0.2) is 18.0 Å². The molecule has 0 aliphatic rings. The molecule has 96 heavy (non-hydrogen) atoms. The standard InChI is InChI=1S/C41H55N3O7S.C15H30N2O5.C9H16O6S.2Na.O3S/c1-6-17-37(46)42-25-27-50-29-28-49-26-16-24-36(45)31(2)43-38(47)35(44-39(48)51-40(3,4)5)30-52-41(32-18-10-7-11-19-32,33-20-12-8-13-21-33)34-22-14-9-15-23-34;1-5-6-13(18)16-7-9-20-11-12-21-10-8-17-14(19)22-15(2,3)4;1-3-6(2)8(10)4-7(9(11)12)5-16(13,14)15;;;1-4(2)3/h7-15,18-23,31,35H,6,16-17,24-30H2,1-5H3,(H,42,46)(H,43,47)(H,44,48);5-12H2,1-4H3,(H,16,18)(H,17,19);6-7H,3-5H2,1-2H3,(H,11,12)(H,13,14,15);;;/q;;;2*+1;/p-2/t31-,35-;;6-,7-;;;/m0.1.../s1. The number of nitrogens with one attached hydrogen (secondary N) is 5. The molecule has 0 aliphatic carbocycles. The summed E-state index contributed by atoms with van der Waals surface area (Å²) in [4.78, 5) is 95.9. The Morgan fingerprint density at radius 3 is 1.30 bits per heavy atom. The summed E-state index contributed by atoms with van der Waals surface area (Å²) in [7, 11) is -7.78. The molecule has 0 aliphatic heterocycles. The predicted molar refractivity (Wildman–Crippen MR) is 352 cm³/mol. The van der Waals surface area contributed by atoms with E-state index in [1.54, 1.807) is 41.5 Å². The fraction of sp³-hybridized carbons (Fsp3) is 0.600. The van der Waals surface area contributed by atoms with Crippen LogP contribution in [-0.2, 0) is 82.7 Å². The van der Waals surface area contributed by atoms with Crippen molar-refractivity contribution in [2.24, 2.45) is 11.8 Å². The van der Waals surface area contributed by atoms with E-state index < -0.39 is 90.9 Å². The number of hydrogen-bond donors (Lipinski definition) is 5. The molecule has 5 amide bonds. The van der Waals surface area contributed by atoms with Gasteiger partial charge in [-0.1, -0.05) is 119 Å². The second-order valence-electron chi connectivity index (χ2n) is 23.1. The van der Waals surface area contributed by atoms with Crippen molar-refractivity contribution in [3.8, 4) is 0 Å². The number of ether oxygens (including phenoxy) is 6. The first-order valence-corrected chi connectivity index (χ1v) is 34.7. The van der Waals surface area contributed by atoms with Crippen LogP contribution in [0.1, 0.15) is 144 Å². The molecule has 5 N–H and O–H groups in total. The average molecular weight is 1430 g/mol. The minimum absolute atomic E-state index is 0. The van der Waals surface area contributed by atoms with Gasteiger partial charge >= 0.3 is 81.9 Å². The number of carboxylic acid groups (broad SMARTS) is 1. The topological polar surface area (TPSA) is 384 Å². The van der Waals surface area contributed by atoms with E-state index >= 15 is 0 Å². The monoisotopic (exact) mass is 1430 g/mol. The van der Waals surface area contributed by atoms with Crippen LogP contribution in [0.2, 0.25) is 0 Å². The maximum absolute atomic E-state index is 13.9. The van der Waals surface area contributed by atoms with Gasteiger partial charge in [0.15, 0.2) is 5.78 Å². The molecular weight excluding hydrogens is 1330 g/mol. The van der Waals surface area contributed by atoms with Crippen molar-refractivity contribution < 1.29 is 157 Å².